The summed E-state index contributed by atoms with van der Waals surface area (Å²) >= 11 is 0. The molecule has 3 heteroatoms. The summed E-state index contributed by atoms with van der Waals surface area (Å²) in [6.07, 6.45) is 4.28. The summed E-state index contributed by atoms with van der Waals surface area (Å²) in [4.78, 5) is 3.97. The molecule has 0 spiro atoms. The van der Waals surface area contributed by atoms with Gasteiger partial charge in [-0.15, -0.1) is 0 Å². The van der Waals surface area contributed by atoms with Crippen molar-refractivity contribution in [3.05, 3.63) is 24.0 Å². The highest BCUT2D eigenvalue weighted by atomic mass is 16.5. The number of rotatable bonds is 4. The Morgan fingerprint density at radius 3 is 2.73 bits per heavy atom. The van der Waals surface area contributed by atoms with Crippen LogP contribution in [0.1, 0.15) is 32.8 Å². The van der Waals surface area contributed by atoms with Crippen LogP contribution < -0.4 is 4.74 Å². The number of nitrogens with zero attached hydrogens (tertiary/aromatic N) is 1. The molecule has 0 fully saturated rings. The fourth-order valence-corrected chi connectivity index (χ4v) is 1.14. The molecule has 0 aliphatic carbocycles. The van der Waals surface area contributed by atoms with E-state index in [9.17, 15) is 0 Å². The van der Waals surface area contributed by atoms with Crippen molar-refractivity contribution in [2.45, 2.75) is 33.8 Å². The van der Waals surface area contributed by atoms with Gasteiger partial charge in [0.25, 0.3) is 0 Å². The Labute approximate surface area is 91.1 Å². The molecule has 15 heavy (non-hydrogen) atoms. The highest BCUT2D eigenvalue weighted by Gasteiger charge is 2.10. The van der Waals surface area contributed by atoms with E-state index >= 15 is 0 Å². The van der Waals surface area contributed by atoms with Crippen molar-refractivity contribution in [3.63, 3.8) is 0 Å². The van der Waals surface area contributed by atoms with E-state index in [1.807, 2.05) is 0 Å². The van der Waals surface area contributed by atoms with Gasteiger partial charge in [0.15, 0.2) is 0 Å². The molecular formula is C12H19NO2. The van der Waals surface area contributed by atoms with Gasteiger partial charge in [-0.05, 0) is 17.9 Å². The molecule has 0 atom stereocenters. The third kappa shape index (κ3) is 4.30. The van der Waals surface area contributed by atoms with Crippen molar-refractivity contribution in [3.8, 4) is 5.75 Å². The molecule has 1 aromatic heterocycles. The zero-order chi connectivity index (χ0) is 11.3. The minimum absolute atomic E-state index is 0.00658. The molecule has 0 radical (unpaired) electrons. The monoisotopic (exact) mass is 209 g/mol. The molecule has 0 saturated carbocycles. The van der Waals surface area contributed by atoms with Crippen molar-refractivity contribution in [2.75, 3.05) is 6.61 Å². The first kappa shape index (κ1) is 12.0. The Bertz CT molecular complexity index is 305. The Morgan fingerprint density at radius 1 is 1.40 bits per heavy atom. The lowest BCUT2D eigenvalue weighted by atomic mass is 9.93. The lowest BCUT2D eigenvalue weighted by Crippen LogP contribution is -2.11. The molecule has 0 aliphatic heterocycles. The zero-order valence-electron chi connectivity index (χ0n) is 9.66. The lowest BCUT2D eigenvalue weighted by Gasteiger charge is -2.18. The van der Waals surface area contributed by atoms with E-state index < -0.39 is 0 Å². The van der Waals surface area contributed by atoms with Gasteiger partial charge in [0, 0.05) is 11.8 Å². The van der Waals surface area contributed by atoms with Crippen LogP contribution in [0.5, 0.6) is 5.75 Å². The number of pyridine rings is 1. The smallest absolute Gasteiger partial charge is 0.143 e. The summed E-state index contributed by atoms with van der Waals surface area (Å²) in [5.41, 5.74) is 1.06. The van der Waals surface area contributed by atoms with Crippen molar-refractivity contribution in [2.24, 2.45) is 5.41 Å². The fraction of sp³-hybridized carbons (Fsp3) is 0.583. The van der Waals surface area contributed by atoms with E-state index in [1.54, 1.807) is 18.5 Å². The van der Waals surface area contributed by atoms with Crippen LogP contribution in [0.15, 0.2) is 18.5 Å². The SMILES string of the molecule is CC(C)(C)CCOc1cnccc1CO. The third-order valence-corrected chi connectivity index (χ3v) is 2.15. The molecule has 0 saturated heterocycles. The number of ether oxygens (including phenoxy) is 1. The lowest BCUT2D eigenvalue weighted by molar-refractivity contribution is 0.229. The second kappa shape index (κ2) is 5.12. The second-order valence-corrected chi connectivity index (χ2v) is 4.80. The van der Waals surface area contributed by atoms with Gasteiger partial charge < -0.3 is 9.84 Å². The van der Waals surface area contributed by atoms with Gasteiger partial charge in [0.1, 0.15) is 5.75 Å². The minimum Gasteiger partial charge on any atom is -0.492 e. The molecular weight excluding hydrogens is 190 g/mol. The maximum Gasteiger partial charge on any atom is 0.143 e. The van der Waals surface area contributed by atoms with E-state index in [-0.39, 0.29) is 12.0 Å². The Balaban J connectivity index is 2.50. The summed E-state index contributed by atoms with van der Waals surface area (Å²) in [7, 11) is 0. The highest BCUT2D eigenvalue weighted by molar-refractivity contribution is 5.28. The van der Waals surface area contributed by atoms with Gasteiger partial charge >= 0.3 is 0 Å². The van der Waals surface area contributed by atoms with Crippen LogP contribution in [0.2, 0.25) is 0 Å². The molecule has 0 aliphatic rings. The number of hydrogen-bond donors (Lipinski definition) is 1. The molecule has 1 N–H and O–H groups in total. The predicted molar refractivity (Wildman–Crippen MR) is 59.7 cm³/mol. The summed E-state index contributed by atoms with van der Waals surface area (Å²) in [5.74, 6) is 0.684. The zero-order valence-corrected chi connectivity index (χ0v) is 9.66. The van der Waals surface area contributed by atoms with Gasteiger partial charge in [0.05, 0.1) is 19.4 Å². The molecule has 0 aromatic carbocycles. The number of aliphatic hydroxyl groups excluding tert-OH is 1. The van der Waals surface area contributed by atoms with Gasteiger partial charge in [-0.25, -0.2) is 0 Å². The molecule has 3 nitrogen and oxygen atoms in total. The van der Waals surface area contributed by atoms with Crippen molar-refractivity contribution < 1.29 is 9.84 Å². The van der Waals surface area contributed by atoms with E-state index in [2.05, 4.69) is 25.8 Å². The molecule has 0 amide bonds. The summed E-state index contributed by atoms with van der Waals surface area (Å²) in [5, 5.41) is 9.07. The summed E-state index contributed by atoms with van der Waals surface area (Å²) in [6, 6.07) is 1.77. The molecule has 1 rings (SSSR count). The topological polar surface area (TPSA) is 42.4 Å². The van der Waals surface area contributed by atoms with Crippen LogP contribution in [0.25, 0.3) is 0 Å². The van der Waals surface area contributed by atoms with Crippen molar-refractivity contribution in [1.29, 1.82) is 0 Å². The third-order valence-electron chi connectivity index (χ3n) is 2.15. The first-order valence-electron chi connectivity index (χ1n) is 5.19. The largest absolute Gasteiger partial charge is 0.492 e. The number of aromatic nitrogens is 1. The average Bonchev–Trinajstić information content (AvgIpc) is 2.16. The fourth-order valence-electron chi connectivity index (χ4n) is 1.14. The molecule has 84 valence electrons. The standard InChI is InChI=1S/C12H19NO2/c1-12(2,3)5-7-15-11-8-13-6-4-10(11)9-14/h4,6,8,14H,5,7,9H2,1-3H3. The van der Waals surface area contributed by atoms with Gasteiger partial charge in [-0.3, -0.25) is 4.98 Å². The number of hydrogen-bond acceptors (Lipinski definition) is 3. The molecule has 1 aromatic rings. The highest BCUT2D eigenvalue weighted by Crippen LogP contribution is 2.21. The van der Waals surface area contributed by atoms with Crippen molar-refractivity contribution in [1.82, 2.24) is 4.98 Å². The molecule has 1 heterocycles. The van der Waals surface area contributed by atoms with E-state index in [4.69, 9.17) is 9.84 Å². The molecule has 0 unspecified atom stereocenters. The maximum absolute atomic E-state index is 9.07. The number of aliphatic hydroxyl groups is 1. The first-order chi connectivity index (χ1) is 7.03. The predicted octanol–water partition coefficient (Wildman–Crippen LogP) is 2.39. The van der Waals surface area contributed by atoms with E-state index in [0.29, 0.717) is 12.4 Å². The van der Waals surface area contributed by atoms with E-state index in [0.717, 1.165) is 12.0 Å². The van der Waals surface area contributed by atoms with Crippen LogP contribution in [-0.2, 0) is 6.61 Å². The quantitative estimate of drug-likeness (QED) is 0.828. The normalized spacial score (nSPS) is 11.5. The van der Waals surface area contributed by atoms with Crippen LogP contribution in [0.3, 0.4) is 0 Å². The maximum atomic E-state index is 9.07. The minimum atomic E-state index is -0.00658. The van der Waals surface area contributed by atoms with Crippen LogP contribution in [0, 0.1) is 5.41 Å². The van der Waals surface area contributed by atoms with Crippen molar-refractivity contribution >= 4 is 0 Å². The van der Waals surface area contributed by atoms with E-state index in [1.165, 1.54) is 0 Å². The average molecular weight is 209 g/mol. The Morgan fingerprint density at radius 2 is 2.13 bits per heavy atom. The molecule has 0 bridgehead atoms. The Hall–Kier alpha value is -1.09. The first-order valence-corrected chi connectivity index (χ1v) is 5.19. The van der Waals surface area contributed by atoms with Crippen LogP contribution >= 0.6 is 0 Å². The van der Waals surface area contributed by atoms with Crippen LogP contribution in [0.4, 0.5) is 0 Å². The summed E-state index contributed by atoms with van der Waals surface area (Å²) < 4.78 is 5.58. The van der Waals surface area contributed by atoms with Crippen LogP contribution in [-0.4, -0.2) is 16.7 Å². The van der Waals surface area contributed by atoms with Gasteiger partial charge in [0.2, 0.25) is 0 Å². The van der Waals surface area contributed by atoms with Gasteiger partial charge in [-0.2, -0.15) is 0 Å². The van der Waals surface area contributed by atoms with Gasteiger partial charge in [-0.1, -0.05) is 20.8 Å². The second-order valence-electron chi connectivity index (χ2n) is 4.80. The Kier molecular flexibility index (Phi) is 4.09. The summed E-state index contributed by atoms with van der Waals surface area (Å²) in [6.45, 7) is 7.17.